The summed E-state index contributed by atoms with van der Waals surface area (Å²) in [6, 6.07) is 5.71. The highest BCUT2D eigenvalue weighted by Gasteiger charge is 2.31. The van der Waals surface area contributed by atoms with E-state index in [1.807, 2.05) is 13.0 Å². The van der Waals surface area contributed by atoms with Crippen LogP contribution < -0.4 is 10.6 Å². The number of hydrogen-bond acceptors (Lipinski definition) is 3. The first kappa shape index (κ1) is 14.8. The molecule has 1 aromatic rings. The van der Waals surface area contributed by atoms with Gasteiger partial charge in [-0.1, -0.05) is 18.6 Å². The Kier molecular flexibility index (Phi) is 4.45. The van der Waals surface area contributed by atoms with E-state index in [1.165, 1.54) is 32.4 Å². The molecule has 0 aliphatic carbocycles. The molecule has 0 spiro atoms. The molecule has 2 heterocycles. The van der Waals surface area contributed by atoms with E-state index in [2.05, 4.69) is 9.80 Å². The summed E-state index contributed by atoms with van der Waals surface area (Å²) in [4.78, 5) is 4.79. The van der Waals surface area contributed by atoms with E-state index < -0.39 is 0 Å². The maximum atomic E-state index is 14.3. The third kappa shape index (κ3) is 3.06. The molecule has 0 saturated carbocycles. The van der Waals surface area contributed by atoms with Crippen LogP contribution in [0.1, 0.15) is 44.2 Å². The SMILES string of the molecule is CC(N)c1cccc(F)c1N1CCC(N2CCCCC2)C1. The van der Waals surface area contributed by atoms with Crippen LogP contribution in [0.15, 0.2) is 18.2 Å². The lowest BCUT2D eigenvalue weighted by Crippen LogP contribution is -2.41. The Morgan fingerprint density at radius 2 is 1.95 bits per heavy atom. The van der Waals surface area contributed by atoms with E-state index >= 15 is 0 Å². The highest BCUT2D eigenvalue weighted by atomic mass is 19.1. The predicted octanol–water partition coefficient (Wildman–Crippen LogP) is 2.91. The van der Waals surface area contributed by atoms with Crippen molar-refractivity contribution in [3.63, 3.8) is 0 Å². The van der Waals surface area contributed by atoms with Crippen molar-refractivity contribution in [2.24, 2.45) is 5.73 Å². The van der Waals surface area contributed by atoms with Gasteiger partial charge in [0.25, 0.3) is 0 Å². The maximum Gasteiger partial charge on any atom is 0.146 e. The Morgan fingerprint density at radius 3 is 2.67 bits per heavy atom. The van der Waals surface area contributed by atoms with Crippen molar-refractivity contribution in [3.8, 4) is 0 Å². The zero-order chi connectivity index (χ0) is 14.8. The van der Waals surface area contributed by atoms with E-state index in [1.54, 1.807) is 12.1 Å². The Morgan fingerprint density at radius 1 is 1.19 bits per heavy atom. The standard InChI is InChI=1S/C17H26FN3/c1-13(19)15-6-5-7-16(18)17(15)21-11-8-14(12-21)20-9-3-2-4-10-20/h5-7,13-14H,2-4,8-12,19H2,1H3. The minimum atomic E-state index is -0.135. The van der Waals surface area contributed by atoms with E-state index in [9.17, 15) is 4.39 Å². The summed E-state index contributed by atoms with van der Waals surface area (Å²) in [7, 11) is 0. The first-order valence-corrected chi connectivity index (χ1v) is 8.20. The molecule has 0 aromatic heterocycles. The predicted molar refractivity (Wildman–Crippen MR) is 85.0 cm³/mol. The van der Waals surface area contributed by atoms with Crippen molar-refractivity contribution in [1.82, 2.24) is 4.90 Å². The quantitative estimate of drug-likeness (QED) is 0.929. The molecular weight excluding hydrogens is 265 g/mol. The average Bonchev–Trinajstić information content (AvgIpc) is 2.97. The van der Waals surface area contributed by atoms with Gasteiger partial charge in [0.1, 0.15) is 5.82 Å². The topological polar surface area (TPSA) is 32.5 Å². The maximum absolute atomic E-state index is 14.3. The van der Waals surface area contributed by atoms with Crippen LogP contribution in [0, 0.1) is 5.82 Å². The van der Waals surface area contributed by atoms with E-state index in [-0.39, 0.29) is 11.9 Å². The number of likely N-dealkylation sites (tertiary alicyclic amines) is 1. The molecule has 2 aliphatic heterocycles. The van der Waals surface area contributed by atoms with Gasteiger partial charge in [0.15, 0.2) is 0 Å². The fourth-order valence-corrected chi connectivity index (χ4v) is 3.76. The molecule has 116 valence electrons. The Labute approximate surface area is 126 Å². The number of rotatable bonds is 3. The number of nitrogens with two attached hydrogens (primary N) is 1. The van der Waals surface area contributed by atoms with Crippen molar-refractivity contribution in [2.45, 2.75) is 44.7 Å². The molecule has 2 saturated heterocycles. The van der Waals surface area contributed by atoms with Crippen LogP contribution in [-0.2, 0) is 0 Å². The fourth-order valence-electron chi connectivity index (χ4n) is 3.76. The first-order chi connectivity index (χ1) is 10.2. The number of para-hydroxylation sites is 1. The second kappa shape index (κ2) is 6.32. The minimum absolute atomic E-state index is 0.135. The normalized spacial score (nSPS) is 25.3. The van der Waals surface area contributed by atoms with Crippen molar-refractivity contribution >= 4 is 5.69 Å². The lowest BCUT2D eigenvalue weighted by Gasteiger charge is -2.32. The van der Waals surface area contributed by atoms with Crippen LogP contribution in [0.4, 0.5) is 10.1 Å². The van der Waals surface area contributed by atoms with Crippen molar-refractivity contribution < 1.29 is 4.39 Å². The Balaban J connectivity index is 1.77. The summed E-state index contributed by atoms with van der Waals surface area (Å²) in [6.45, 7) is 6.20. The summed E-state index contributed by atoms with van der Waals surface area (Å²) >= 11 is 0. The molecule has 2 unspecified atom stereocenters. The van der Waals surface area contributed by atoms with Gasteiger partial charge in [0.05, 0.1) is 5.69 Å². The zero-order valence-electron chi connectivity index (χ0n) is 12.9. The molecule has 0 amide bonds. The summed E-state index contributed by atoms with van der Waals surface area (Å²) in [6.07, 6.45) is 5.10. The van der Waals surface area contributed by atoms with E-state index in [0.717, 1.165) is 30.8 Å². The monoisotopic (exact) mass is 291 g/mol. The van der Waals surface area contributed by atoms with Crippen molar-refractivity contribution in [1.29, 1.82) is 0 Å². The second-order valence-electron chi connectivity index (χ2n) is 6.45. The van der Waals surface area contributed by atoms with Gasteiger partial charge >= 0.3 is 0 Å². The van der Waals surface area contributed by atoms with Crippen molar-refractivity contribution in [3.05, 3.63) is 29.6 Å². The molecule has 4 heteroatoms. The first-order valence-electron chi connectivity index (χ1n) is 8.20. The van der Waals surface area contributed by atoms with Gasteiger partial charge in [0.2, 0.25) is 0 Å². The molecular formula is C17H26FN3. The zero-order valence-corrected chi connectivity index (χ0v) is 12.9. The van der Waals surface area contributed by atoms with Gasteiger partial charge in [-0.3, -0.25) is 4.90 Å². The number of piperidine rings is 1. The van der Waals surface area contributed by atoms with Crippen LogP contribution in [0.25, 0.3) is 0 Å². The van der Waals surface area contributed by atoms with Gasteiger partial charge in [-0.2, -0.15) is 0 Å². The van der Waals surface area contributed by atoms with Gasteiger partial charge in [0, 0.05) is 25.2 Å². The summed E-state index contributed by atoms with van der Waals surface area (Å²) < 4.78 is 14.3. The van der Waals surface area contributed by atoms with Crippen molar-refractivity contribution in [2.75, 3.05) is 31.1 Å². The molecule has 1 aromatic carbocycles. The van der Waals surface area contributed by atoms with Gasteiger partial charge < -0.3 is 10.6 Å². The number of halogens is 1. The molecule has 3 nitrogen and oxygen atoms in total. The number of benzene rings is 1. The minimum Gasteiger partial charge on any atom is -0.367 e. The summed E-state index contributed by atoms with van der Waals surface area (Å²) in [5, 5.41) is 0. The Bertz CT molecular complexity index is 483. The number of anilines is 1. The molecule has 3 rings (SSSR count). The van der Waals surface area contributed by atoms with Crippen LogP contribution >= 0.6 is 0 Å². The van der Waals surface area contributed by atoms with Gasteiger partial charge in [-0.25, -0.2) is 4.39 Å². The second-order valence-corrected chi connectivity index (χ2v) is 6.45. The van der Waals surface area contributed by atoms with E-state index in [0.29, 0.717) is 6.04 Å². The van der Waals surface area contributed by atoms with Gasteiger partial charge in [-0.15, -0.1) is 0 Å². The van der Waals surface area contributed by atoms with Crippen LogP contribution in [0.3, 0.4) is 0 Å². The van der Waals surface area contributed by atoms with Crippen LogP contribution in [0.2, 0.25) is 0 Å². The highest BCUT2D eigenvalue weighted by Crippen LogP contribution is 2.32. The molecule has 2 N–H and O–H groups in total. The number of hydrogen-bond donors (Lipinski definition) is 1. The third-order valence-corrected chi connectivity index (χ3v) is 4.90. The lowest BCUT2D eigenvalue weighted by atomic mass is 10.1. The molecule has 0 radical (unpaired) electrons. The molecule has 2 atom stereocenters. The molecule has 2 aliphatic rings. The molecule has 0 bridgehead atoms. The highest BCUT2D eigenvalue weighted by molar-refractivity contribution is 5.57. The fraction of sp³-hybridized carbons (Fsp3) is 0.647. The van der Waals surface area contributed by atoms with Crippen LogP contribution in [-0.4, -0.2) is 37.1 Å². The lowest BCUT2D eigenvalue weighted by molar-refractivity contribution is 0.174. The Hall–Kier alpha value is -1.13. The molecule has 2 fully saturated rings. The average molecular weight is 291 g/mol. The van der Waals surface area contributed by atoms with Gasteiger partial charge in [-0.05, 0) is 50.9 Å². The van der Waals surface area contributed by atoms with E-state index in [4.69, 9.17) is 5.73 Å². The van der Waals surface area contributed by atoms with Crippen LogP contribution in [0.5, 0.6) is 0 Å². The smallest absolute Gasteiger partial charge is 0.146 e. The number of nitrogens with zero attached hydrogens (tertiary/aromatic N) is 2. The molecule has 21 heavy (non-hydrogen) atoms. The third-order valence-electron chi connectivity index (χ3n) is 4.90. The largest absolute Gasteiger partial charge is 0.367 e. The summed E-state index contributed by atoms with van der Waals surface area (Å²) in [5.41, 5.74) is 7.68. The summed E-state index contributed by atoms with van der Waals surface area (Å²) in [5.74, 6) is -0.135.